The lowest BCUT2D eigenvalue weighted by Crippen LogP contribution is -2.41. The maximum absolute atomic E-state index is 13.4. The summed E-state index contributed by atoms with van der Waals surface area (Å²) in [4.78, 5) is 36.2. The van der Waals surface area contributed by atoms with Crippen molar-refractivity contribution in [3.8, 4) is 21.7 Å². The second kappa shape index (κ2) is 9.59. The number of halogens is 1. The van der Waals surface area contributed by atoms with Crippen LogP contribution in [0.15, 0.2) is 79.3 Å². The topological polar surface area (TPSA) is 88.4 Å². The van der Waals surface area contributed by atoms with Gasteiger partial charge in [-0.05, 0) is 49.7 Å². The largest absolute Gasteiger partial charge is 0.354 e. The van der Waals surface area contributed by atoms with Gasteiger partial charge in [-0.1, -0.05) is 41.7 Å². The fourth-order valence-corrected chi connectivity index (χ4v) is 5.07. The van der Waals surface area contributed by atoms with Crippen molar-refractivity contribution in [3.05, 3.63) is 102 Å². The number of hydrogen-bond donors (Lipinski definition) is 2. The van der Waals surface area contributed by atoms with Crippen molar-refractivity contribution in [1.82, 2.24) is 25.0 Å². The van der Waals surface area contributed by atoms with Gasteiger partial charge in [0.2, 0.25) is 0 Å². The molecule has 0 aliphatic carbocycles. The molecule has 0 bridgehead atoms. The maximum atomic E-state index is 13.4. The summed E-state index contributed by atoms with van der Waals surface area (Å²) in [6.45, 7) is 3.90. The first-order valence-electron chi connectivity index (χ1n) is 11.6. The number of hydrogen-bond acceptors (Lipinski definition) is 5. The Morgan fingerprint density at radius 3 is 2.41 bits per heavy atom. The van der Waals surface area contributed by atoms with Crippen molar-refractivity contribution in [1.29, 1.82) is 0 Å². The van der Waals surface area contributed by atoms with E-state index in [0.29, 0.717) is 27.5 Å². The molecule has 0 spiro atoms. The molecule has 3 aromatic heterocycles. The van der Waals surface area contributed by atoms with E-state index in [4.69, 9.17) is 0 Å². The fraction of sp³-hybridized carbons (Fsp3) is 0.143. The first kappa shape index (κ1) is 24.3. The van der Waals surface area contributed by atoms with Crippen LogP contribution in [0.25, 0.3) is 26.7 Å². The molecule has 0 saturated carbocycles. The van der Waals surface area contributed by atoms with E-state index in [1.54, 1.807) is 42.0 Å². The summed E-state index contributed by atoms with van der Waals surface area (Å²) in [6.07, 6.45) is 5.00. The lowest BCUT2D eigenvalue weighted by molar-refractivity contribution is 0.0910. The molecule has 0 unspecified atom stereocenters. The van der Waals surface area contributed by atoms with E-state index in [-0.39, 0.29) is 17.6 Å². The number of benzene rings is 2. The molecule has 2 aromatic carbocycles. The highest BCUT2D eigenvalue weighted by Crippen LogP contribution is 2.33. The zero-order valence-corrected chi connectivity index (χ0v) is 21.3. The van der Waals surface area contributed by atoms with Gasteiger partial charge in [-0.25, -0.2) is 9.37 Å². The van der Waals surface area contributed by atoms with Gasteiger partial charge in [0, 0.05) is 36.8 Å². The SMILES string of the molecule is CNC(=O)c1c(-c2ccc(F)cc2)nc2sc(-c3cncc(C(=O)NC(C)(C)c4ccccc4)c3)cn12. The summed E-state index contributed by atoms with van der Waals surface area (Å²) in [7, 11) is 1.55. The minimum atomic E-state index is -0.572. The van der Waals surface area contributed by atoms with Gasteiger partial charge < -0.3 is 10.6 Å². The van der Waals surface area contributed by atoms with Crippen LogP contribution in [0, 0.1) is 5.82 Å². The highest BCUT2D eigenvalue weighted by molar-refractivity contribution is 7.20. The van der Waals surface area contributed by atoms with Crippen LogP contribution in [0.2, 0.25) is 0 Å². The van der Waals surface area contributed by atoms with E-state index in [0.717, 1.165) is 16.0 Å². The maximum Gasteiger partial charge on any atom is 0.270 e. The van der Waals surface area contributed by atoms with E-state index in [9.17, 15) is 14.0 Å². The Labute approximate surface area is 217 Å². The molecular formula is C28H24FN5O2S. The molecule has 0 aliphatic heterocycles. The van der Waals surface area contributed by atoms with Crippen molar-refractivity contribution in [3.63, 3.8) is 0 Å². The molecule has 9 heteroatoms. The van der Waals surface area contributed by atoms with Gasteiger partial charge in [0.05, 0.1) is 16.0 Å². The van der Waals surface area contributed by atoms with Gasteiger partial charge in [-0.2, -0.15) is 0 Å². The number of imidazole rings is 1. The van der Waals surface area contributed by atoms with Crippen LogP contribution in [0.5, 0.6) is 0 Å². The molecule has 2 N–H and O–H groups in total. The van der Waals surface area contributed by atoms with Crippen molar-refractivity contribution in [2.24, 2.45) is 0 Å². The van der Waals surface area contributed by atoms with E-state index in [1.165, 1.54) is 29.7 Å². The molecule has 5 aromatic rings. The standard InChI is InChI=1S/C28H24FN5O2S/c1-28(2,20-7-5-4-6-8-20)33-25(35)19-13-18(14-31-15-19)22-16-34-24(26(36)30-3)23(32-27(34)37-22)17-9-11-21(29)12-10-17/h4-16H,1-3H3,(H,30,36)(H,33,35). The van der Waals surface area contributed by atoms with E-state index in [2.05, 4.69) is 20.6 Å². The number of carbonyl (C=O) groups is 2. The predicted molar refractivity (Wildman–Crippen MR) is 142 cm³/mol. The number of pyridine rings is 1. The van der Waals surface area contributed by atoms with Crippen molar-refractivity contribution in [2.45, 2.75) is 19.4 Å². The number of aromatic nitrogens is 3. The molecule has 0 fully saturated rings. The Bertz CT molecular complexity index is 1610. The van der Waals surface area contributed by atoms with E-state index in [1.807, 2.05) is 44.2 Å². The third-order valence-electron chi connectivity index (χ3n) is 6.09. The summed E-state index contributed by atoms with van der Waals surface area (Å²) in [5.74, 6) is -0.920. The van der Waals surface area contributed by atoms with Crippen molar-refractivity contribution < 1.29 is 14.0 Å². The first-order chi connectivity index (χ1) is 17.8. The van der Waals surface area contributed by atoms with E-state index >= 15 is 0 Å². The Morgan fingerprint density at radius 2 is 1.70 bits per heavy atom. The Hall–Kier alpha value is -4.37. The highest BCUT2D eigenvalue weighted by Gasteiger charge is 2.25. The molecule has 0 radical (unpaired) electrons. The van der Waals surface area contributed by atoms with Crippen LogP contribution in [0.4, 0.5) is 4.39 Å². The van der Waals surface area contributed by atoms with Crippen molar-refractivity contribution >= 4 is 28.1 Å². The Balaban J connectivity index is 1.48. The van der Waals surface area contributed by atoms with Gasteiger partial charge in [0.25, 0.3) is 11.8 Å². The van der Waals surface area contributed by atoms with Gasteiger partial charge >= 0.3 is 0 Å². The van der Waals surface area contributed by atoms with Crippen LogP contribution in [0.1, 0.15) is 40.3 Å². The zero-order valence-electron chi connectivity index (χ0n) is 20.4. The quantitative estimate of drug-likeness (QED) is 0.323. The van der Waals surface area contributed by atoms with Crippen LogP contribution in [0.3, 0.4) is 0 Å². The summed E-state index contributed by atoms with van der Waals surface area (Å²) >= 11 is 1.37. The van der Waals surface area contributed by atoms with Gasteiger partial charge in [0.15, 0.2) is 4.96 Å². The third-order valence-corrected chi connectivity index (χ3v) is 7.12. The molecule has 5 rings (SSSR count). The number of fused-ring (bicyclic) bond motifs is 1. The number of nitrogens with one attached hydrogen (secondary N) is 2. The average Bonchev–Trinajstić information content (AvgIpc) is 3.47. The molecular weight excluding hydrogens is 489 g/mol. The smallest absolute Gasteiger partial charge is 0.270 e. The van der Waals surface area contributed by atoms with Crippen LogP contribution in [-0.2, 0) is 5.54 Å². The Kier molecular flexibility index (Phi) is 6.31. The number of amides is 2. The van der Waals surface area contributed by atoms with Gasteiger partial charge in [-0.3, -0.25) is 19.0 Å². The van der Waals surface area contributed by atoms with Gasteiger partial charge in [-0.15, -0.1) is 0 Å². The molecule has 0 aliphatic rings. The number of rotatable bonds is 6. The molecule has 2 amide bonds. The molecule has 37 heavy (non-hydrogen) atoms. The van der Waals surface area contributed by atoms with Crippen LogP contribution in [-0.4, -0.2) is 33.2 Å². The molecule has 0 atom stereocenters. The fourth-order valence-electron chi connectivity index (χ4n) is 4.11. The second-order valence-corrected chi connectivity index (χ2v) is 10.1. The summed E-state index contributed by atoms with van der Waals surface area (Å²) in [5.41, 5.74) is 3.02. The summed E-state index contributed by atoms with van der Waals surface area (Å²) < 4.78 is 15.2. The number of carbonyl (C=O) groups excluding carboxylic acids is 2. The monoisotopic (exact) mass is 513 g/mol. The lowest BCUT2D eigenvalue weighted by atomic mass is 9.94. The first-order valence-corrected chi connectivity index (χ1v) is 12.4. The number of thiazole rings is 1. The summed E-state index contributed by atoms with van der Waals surface area (Å²) in [6, 6.07) is 17.4. The highest BCUT2D eigenvalue weighted by atomic mass is 32.1. The zero-order chi connectivity index (χ0) is 26.2. The minimum Gasteiger partial charge on any atom is -0.354 e. The second-order valence-electron chi connectivity index (χ2n) is 9.05. The molecule has 3 heterocycles. The number of nitrogens with zero attached hydrogens (tertiary/aromatic N) is 3. The van der Waals surface area contributed by atoms with Crippen LogP contribution >= 0.6 is 11.3 Å². The Morgan fingerprint density at radius 1 is 0.973 bits per heavy atom. The molecule has 7 nitrogen and oxygen atoms in total. The normalized spacial score (nSPS) is 11.5. The minimum absolute atomic E-state index is 0.241. The molecule has 0 saturated heterocycles. The van der Waals surface area contributed by atoms with Gasteiger partial charge in [0.1, 0.15) is 17.2 Å². The van der Waals surface area contributed by atoms with Crippen LogP contribution < -0.4 is 10.6 Å². The lowest BCUT2D eigenvalue weighted by Gasteiger charge is -2.27. The molecule has 186 valence electrons. The van der Waals surface area contributed by atoms with E-state index < -0.39 is 5.54 Å². The van der Waals surface area contributed by atoms with Crippen molar-refractivity contribution in [2.75, 3.05) is 7.05 Å². The summed E-state index contributed by atoms with van der Waals surface area (Å²) in [5, 5.41) is 5.73. The predicted octanol–water partition coefficient (Wildman–Crippen LogP) is 5.29. The third kappa shape index (κ3) is 4.73. The average molecular weight is 514 g/mol.